The summed E-state index contributed by atoms with van der Waals surface area (Å²) in [5.41, 5.74) is 1.87. The van der Waals surface area contributed by atoms with Crippen LogP contribution in [0.15, 0.2) is 51.8 Å². The van der Waals surface area contributed by atoms with Crippen LogP contribution in [0.4, 0.5) is 5.69 Å². The zero-order chi connectivity index (χ0) is 16.8. The van der Waals surface area contributed by atoms with Crippen LogP contribution in [-0.4, -0.2) is 22.6 Å². The topological polar surface area (TPSA) is 93.2 Å². The largest absolute Gasteiger partial charge is 0.472 e. The first-order valence-corrected chi connectivity index (χ1v) is 7.17. The lowest BCUT2D eigenvalue weighted by Crippen LogP contribution is -2.24. The summed E-state index contributed by atoms with van der Waals surface area (Å²) in [7, 11) is 0. The first-order valence-electron chi connectivity index (χ1n) is 7.17. The van der Waals surface area contributed by atoms with E-state index < -0.39 is 0 Å². The van der Waals surface area contributed by atoms with Crippen molar-refractivity contribution in [2.24, 2.45) is 0 Å². The summed E-state index contributed by atoms with van der Waals surface area (Å²) in [6.45, 7) is 0.454. The van der Waals surface area contributed by atoms with Crippen LogP contribution >= 0.6 is 0 Å². The number of carbonyl (C=O) groups excluding carboxylic acids is 1. The predicted molar refractivity (Wildman–Crippen MR) is 86.9 cm³/mol. The number of aromatic nitrogens is 2. The first kappa shape index (κ1) is 15.4. The van der Waals surface area contributed by atoms with Gasteiger partial charge < -0.3 is 19.6 Å². The number of benzene rings is 1. The van der Waals surface area contributed by atoms with Crippen molar-refractivity contribution in [3.8, 4) is 23.7 Å². The maximum atomic E-state index is 12.1. The Balaban J connectivity index is 1.69. The fourth-order valence-corrected chi connectivity index (χ4v) is 2.07. The molecule has 7 heteroatoms. The SMILES string of the molecule is C#CCNC(=O)c1ccccc1NCc1nc(-c2ccoc2)no1. The number of nitrogens with zero attached hydrogens (tertiary/aromatic N) is 2. The molecular weight excluding hydrogens is 308 g/mol. The van der Waals surface area contributed by atoms with Crippen molar-refractivity contribution >= 4 is 11.6 Å². The van der Waals surface area contributed by atoms with Crippen molar-refractivity contribution in [3.63, 3.8) is 0 Å². The minimum Gasteiger partial charge on any atom is -0.472 e. The number of carbonyl (C=O) groups is 1. The van der Waals surface area contributed by atoms with Gasteiger partial charge in [0.25, 0.3) is 5.91 Å². The van der Waals surface area contributed by atoms with Gasteiger partial charge in [0.2, 0.25) is 11.7 Å². The lowest BCUT2D eigenvalue weighted by Gasteiger charge is -2.09. The molecule has 2 heterocycles. The van der Waals surface area contributed by atoms with E-state index >= 15 is 0 Å². The molecule has 0 saturated carbocycles. The van der Waals surface area contributed by atoms with Crippen molar-refractivity contribution in [2.45, 2.75) is 6.54 Å². The van der Waals surface area contributed by atoms with Gasteiger partial charge in [0, 0.05) is 5.69 Å². The van der Waals surface area contributed by atoms with E-state index in [2.05, 4.69) is 26.7 Å². The number of hydrogen-bond acceptors (Lipinski definition) is 6. The Bertz CT molecular complexity index is 862. The number of nitrogens with one attached hydrogen (secondary N) is 2. The fraction of sp³-hybridized carbons (Fsp3) is 0.118. The number of amides is 1. The summed E-state index contributed by atoms with van der Waals surface area (Å²) in [6, 6.07) is 8.84. The van der Waals surface area contributed by atoms with Crippen LogP contribution in [-0.2, 0) is 6.54 Å². The molecule has 0 bridgehead atoms. The fourth-order valence-electron chi connectivity index (χ4n) is 2.07. The molecular formula is C17H14N4O3. The van der Waals surface area contributed by atoms with Gasteiger partial charge in [-0.05, 0) is 18.2 Å². The highest BCUT2D eigenvalue weighted by atomic mass is 16.5. The third-order valence-corrected chi connectivity index (χ3v) is 3.20. The second-order valence-electron chi connectivity index (χ2n) is 4.81. The lowest BCUT2D eigenvalue weighted by molar-refractivity contribution is 0.0959. The van der Waals surface area contributed by atoms with Crippen LogP contribution in [0.2, 0.25) is 0 Å². The molecule has 0 aliphatic rings. The second kappa shape index (κ2) is 7.15. The summed E-state index contributed by atoms with van der Waals surface area (Å²) in [4.78, 5) is 16.4. The monoisotopic (exact) mass is 322 g/mol. The summed E-state index contributed by atoms with van der Waals surface area (Å²) in [5.74, 6) is 2.96. The molecule has 0 atom stereocenters. The average Bonchev–Trinajstić information content (AvgIpc) is 3.29. The average molecular weight is 322 g/mol. The standard InChI is InChI=1S/C17H14N4O3/c1-2-8-18-17(22)13-5-3-4-6-14(13)19-10-15-20-16(21-24-15)12-7-9-23-11-12/h1,3-7,9,11,19H,8,10H2,(H,18,22). The van der Waals surface area contributed by atoms with E-state index in [1.54, 1.807) is 24.3 Å². The van der Waals surface area contributed by atoms with Crippen LogP contribution in [0.5, 0.6) is 0 Å². The highest BCUT2D eigenvalue weighted by Crippen LogP contribution is 2.18. The van der Waals surface area contributed by atoms with Crippen LogP contribution in [0.1, 0.15) is 16.2 Å². The van der Waals surface area contributed by atoms with E-state index in [0.717, 1.165) is 5.56 Å². The number of terminal acetylenes is 1. The summed E-state index contributed by atoms with van der Waals surface area (Å²) >= 11 is 0. The van der Waals surface area contributed by atoms with E-state index in [-0.39, 0.29) is 19.0 Å². The molecule has 0 saturated heterocycles. The summed E-state index contributed by atoms with van der Waals surface area (Å²) in [5, 5.41) is 9.63. The van der Waals surface area contributed by atoms with Gasteiger partial charge in [-0.25, -0.2) is 0 Å². The molecule has 0 spiro atoms. The quantitative estimate of drug-likeness (QED) is 0.676. The highest BCUT2D eigenvalue weighted by Gasteiger charge is 2.12. The van der Waals surface area contributed by atoms with Gasteiger partial charge in [-0.3, -0.25) is 4.79 Å². The molecule has 2 N–H and O–H groups in total. The molecule has 0 radical (unpaired) electrons. The molecule has 0 fully saturated rings. The first-order chi connectivity index (χ1) is 11.8. The van der Waals surface area contributed by atoms with Gasteiger partial charge in [0.05, 0.1) is 30.5 Å². The highest BCUT2D eigenvalue weighted by molar-refractivity contribution is 5.99. The maximum absolute atomic E-state index is 12.1. The van der Waals surface area contributed by atoms with E-state index in [1.807, 2.05) is 6.07 Å². The summed E-state index contributed by atoms with van der Waals surface area (Å²) in [6.07, 6.45) is 8.23. The zero-order valence-electron chi connectivity index (χ0n) is 12.7. The molecule has 0 aliphatic heterocycles. The van der Waals surface area contributed by atoms with Crippen molar-refractivity contribution in [3.05, 3.63) is 54.3 Å². The number of hydrogen-bond donors (Lipinski definition) is 2. The van der Waals surface area contributed by atoms with Gasteiger partial charge >= 0.3 is 0 Å². The minimum absolute atomic E-state index is 0.172. The van der Waals surface area contributed by atoms with E-state index in [1.165, 1.54) is 12.5 Å². The molecule has 1 amide bonds. The van der Waals surface area contributed by atoms with Crippen LogP contribution < -0.4 is 10.6 Å². The number of anilines is 1. The Hall–Kier alpha value is -3.53. The Morgan fingerprint density at radius 2 is 2.17 bits per heavy atom. The van der Waals surface area contributed by atoms with Crippen molar-refractivity contribution in [1.82, 2.24) is 15.5 Å². The van der Waals surface area contributed by atoms with Crippen molar-refractivity contribution < 1.29 is 13.7 Å². The molecule has 0 unspecified atom stereocenters. The summed E-state index contributed by atoms with van der Waals surface area (Å²) < 4.78 is 10.2. The molecule has 3 rings (SSSR count). The second-order valence-corrected chi connectivity index (χ2v) is 4.81. The maximum Gasteiger partial charge on any atom is 0.254 e. The Labute approximate surface area is 138 Å². The number of rotatable bonds is 6. The molecule has 7 nitrogen and oxygen atoms in total. The predicted octanol–water partition coefficient (Wildman–Crippen LogP) is 2.30. The Morgan fingerprint density at radius 1 is 1.29 bits per heavy atom. The molecule has 1 aromatic carbocycles. The van der Waals surface area contributed by atoms with Gasteiger partial charge in [-0.2, -0.15) is 4.98 Å². The van der Waals surface area contributed by atoms with Gasteiger partial charge in [-0.1, -0.05) is 23.2 Å². The normalized spacial score (nSPS) is 10.1. The lowest BCUT2D eigenvalue weighted by atomic mass is 10.1. The molecule has 2 aromatic heterocycles. The smallest absolute Gasteiger partial charge is 0.254 e. The molecule has 120 valence electrons. The third-order valence-electron chi connectivity index (χ3n) is 3.20. The van der Waals surface area contributed by atoms with Crippen LogP contribution in [0, 0.1) is 12.3 Å². The minimum atomic E-state index is -0.249. The Kier molecular flexibility index (Phi) is 4.58. The van der Waals surface area contributed by atoms with E-state index in [0.29, 0.717) is 23.0 Å². The van der Waals surface area contributed by atoms with Gasteiger partial charge in [0.15, 0.2) is 0 Å². The Morgan fingerprint density at radius 3 is 2.96 bits per heavy atom. The van der Waals surface area contributed by atoms with Crippen LogP contribution in [0.3, 0.4) is 0 Å². The molecule has 24 heavy (non-hydrogen) atoms. The molecule has 0 aliphatic carbocycles. The van der Waals surface area contributed by atoms with E-state index in [9.17, 15) is 4.79 Å². The van der Waals surface area contributed by atoms with Crippen LogP contribution in [0.25, 0.3) is 11.4 Å². The van der Waals surface area contributed by atoms with Crippen molar-refractivity contribution in [1.29, 1.82) is 0 Å². The number of para-hydroxylation sites is 1. The van der Waals surface area contributed by atoms with Crippen molar-refractivity contribution in [2.75, 3.05) is 11.9 Å². The van der Waals surface area contributed by atoms with Gasteiger partial charge in [0.1, 0.15) is 6.26 Å². The third kappa shape index (κ3) is 3.44. The zero-order valence-corrected chi connectivity index (χ0v) is 12.7. The number of furan rings is 1. The van der Waals surface area contributed by atoms with E-state index in [4.69, 9.17) is 15.4 Å². The molecule has 3 aromatic rings. The van der Waals surface area contributed by atoms with Gasteiger partial charge in [-0.15, -0.1) is 6.42 Å².